The van der Waals surface area contributed by atoms with Gasteiger partial charge in [-0.05, 0) is 30.3 Å². The van der Waals surface area contributed by atoms with Gasteiger partial charge in [-0.15, -0.1) is 0 Å². The Bertz CT molecular complexity index is 882. The van der Waals surface area contributed by atoms with Crippen LogP contribution in [0.5, 0.6) is 5.75 Å². The fraction of sp³-hybridized carbons (Fsp3) is 0.111. The Balaban J connectivity index is 1.66. The number of carbonyl (C=O) groups excluding carboxylic acids is 1. The van der Waals surface area contributed by atoms with E-state index in [1.54, 1.807) is 25.4 Å². The molecular formula is C18H16FN3O2S. The highest BCUT2D eigenvalue weighted by Crippen LogP contribution is 2.23. The van der Waals surface area contributed by atoms with Crippen LogP contribution in [0.4, 0.5) is 10.1 Å². The van der Waals surface area contributed by atoms with Crippen molar-refractivity contribution in [1.29, 1.82) is 0 Å². The number of carbonyl (C=O) groups is 1. The third-order valence-electron chi connectivity index (χ3n) is 3.38. The number of benzene rings is 2. The highest BCUT2D eigenvalue weighted by Gasteiger charge is 2.10. The molecule has 0 aliphatic heterocycles. The molecule has 0 bridgehead atoms. The number of nitrogens with one attached hydrogen (secondary N) is 1. The first-order valence-electron chi connectivity index (χ1n) is 7.52. The molecule has 0 unspecified atom stereocenters. The van der Waals surface area contributed by atoms with E-state index in [9.17, 15) is 9.18 Å². The van der Waals surface area contributed by atoms with E-state index in [-0.39, 0.29) is 17.5 Å². The van der Waals surface area contributed by atoms with Crippen LogP contribution < -0.4 is 10.1 Å². The molecular weight excluding hydrogens is 341 g/mol. The first kappa shape index (κ1) is 17.0. The molecule has 128 valence electrons. The molecule has 3 rings (SSSR count). The molecule has 0 radical (unpaired) electrons. The Kier molecular flexibility index (Phi) is 5.35. The van der Waals surface area contributed by atoms with Crippen molar-refractivity contribution in [3.8, 4) is 11.4 Å². The average Bonchev–Trinajstić information content (AvgIpc) is 3.08. The third kappa shape index (κ3) is 4.39. The van der Waals surface area contributed by atoms with Gasteiger partial charge in [0.2, 0.25) is 5.91 Å². The molecule has 0 saturated carbocycles. The second-order valence-electron chi connectivity index (χ2n) is 5.13. The summed E-state index contributed by atoms with van der Waals surface area (Å²) in [6, 6.07) is 13.4. The van der Waals surface area contributed by atoms with Gasteiger partial charge in [-0.2, -0.15) is 0 Å². The summed E-state index contributed by atoms with van der Waals surface area (Å²) in [7, 11) is 1.61. The molecule has 1 heterocycles. The molecule has 1 aromatic heterocycles. The number of methoxy groups -OCH3 is 1. The lowest BCUT2D eigenvalue weighted by Gasteiger charge is -2.09. The van der Waals surface area contributed by atoms with Gasteiger partial charge in [0, 0.05) is 24.1 Å². The summed E-state index contributed by atoms with van der Waals surface area (Å²) in [6.07, 6.45) is 3.49. The molecule has 7 heteroatoms. The first-order chi connectivity index (χ1) is 12.2. The molecule has 5 nitrogen and oxygen atoms in total. The van der Waals surface area contributed by atoms with Crippen LogP contribution in [0.2, 0.25) is 0 Å². The second-order valence-corrected chi connectivity index (χ2v) is 6.07. The minimum Gasteiger partial charge on any atom is -0.497 e. The second kappa shape index (κ2) is 7.85. The SMILES string of the molecule is COc1cccc(-n2ccnc2SCC(=O)Nc2cccc(F)c2)c1. The van der Waals surface area contributed by atoms with Gasteiger partial charge in [0.25, 0.3) is 0 Å². The Labute approximate surface area is 148 Å². The van der Waals surface area contributed by atoms with E-state index in [1.807, 2.05) is 35.0 Å². The van der Waals surface area contributed by atoms with Gasteiger partial charge in [0.15, 0.2) is 5.16 Å². The van der Waals surface area contributed by atoms with Crippen molar-refractivity contribution < 1.29 is 13.9 Å². The molecule has 1 amide bonds. The molecule has 0 saturated heterocycles. The number of aromatic nitrogens is 2. The number of rotatable bonds is 6. The molecule has 3 aromatic rings. The monoisotopic (exact) mass is 357 g/mol. The lowest BCUT2D eigenvalue weighted by Crippen LogP contribution is -2.14. The van der Waals surface area contributed by atoms with E-state index in [0.29, 0.717) is 10.8 Å². The van der Waals surface area contributed by atoms with Crippen molar-refractivity contribution in [3.05, 3.63) is 66.7 Å². The van der Waals surface area contributed by atoms with Crippen LogP contribution in [0.25, 0.3) is 5.69 Å². The van der Waals surface area contributed by atoms with Crippen molar-refractivity contribution in [2.75, 3.05) is 18.2 Å². The number of halogens is 1. The van der Waals surface area contributed by atoms with E-state index < -0.39 is 0 Å². The maximum Gasteiger partial charge on any atom is 0.234 e. The van der Waals surface area contributed by atoms with Gasteiger partial charge >= 0.3 is 0 Å². The van der Waals surface area contributed by atoms with E-state index >= 15 is 0 Å². The van der Waals surface area contributed by atoms with E-state index in [1.165, 1.54) is 23.9 Å². The molecule has 0 fully saturated rings. The van der Waals surface area contributed by atoms with Gasteiger partial charge in [0.1, 0.15) is 11.6 Å². The summed E-state index contributed by atoms with van der Waals surface area (Å²) in [4.78, 5) is 16.3. The number of nitrogens with zero attached hydrogens (tertiary/aromatic N) is 2. The zero-order valence-electron chi connectivity index (χ0n) is 13.5. The van der Waals surface area contributed by atoms with Crippen molar-refractivity contribution in [1.82, 2.24) is 9.55 Å². The average molecular weight is 357 g/mol. The number of thioether (sulfide) groups is 1. The molecule has 25 heavy (non-hydrogen) atoms. The first-order valence-corrected chi connectivity index (χ1v) is 8.50. The van der Waals surface area contributed by atoms with Crippen LogP contribution in [0, 0.1) is 5.82 Å². The summed E-state index contributed by atoms with van der Waals surface area (Å²) >= 11 is 1.30. The zero-order valence-corrected chi connectivity index (χ0v) is 14.3. The lowest BCUT2D eigenvalue weighted by molar-refractivity contribution is -0.113. The molecule has 0 spiro atoms. The number of amides is 1. The minimum absolute atomic E-state index is 0.164. The van der Waals surface area contributed by atoms with Gasteiger partial charge in [-0.25, -0.2) is 9.37 Å². The molecule has 0 aliphatic rings. The van der Waals surface area contributed by atoms with Crippen molar-refractivity contribution >= 4 is 23.4 Å². The maximum absolute atomic E-state index is 13.1. The van der Waals surface area contributed by atoms with Crippen LogP contribution in [-0.2, 0) is 4.79 Å². The summed E-state index contributed by atoms with van der Waals surface area (Å²) in [5, 5.41) is 3.35. The van der Waals surface area contributed by atoms with Crippen molar-refractivity contribution in [3.63, 3.8) is 0 Å². The minimum atomic E-state index is -0.390. The third-order valence-corrected chi connectivity index (χ3v) is 4.35. The molecule has 0 atom stereocenters. The number of hydrogen-bond acceptors (Lipinski definition) is 4. The van der Waals surface area contributed by atoms with Crippen LogP contribution in [0.15, 0.2) is 66.1 Å². The smallest absolute Gasteiger partial charge is 0.234 e. The largest absolute Gasteiger partial charge is 0.497 e. The standard InChI is InChI=1S/C18H16FN3O2S/c1-24-16-7-3-6-15(11-16)22-9-8-20-18(22)25-12-17(23)21-14-5-2-4-13(19)10-14/h2-11H,12H2,1H3,(H,21,23). The van der Waals surface area contributed by atoms with E-state index in [4.69, 9.17) is 4.74 Å². The van der Waals surface area contributed by atoms with Crippen LogP contribution in [0.3, 0.4) is 0 Å². The maximum atomic E-state index is 13.1. The van der Waals surface area contributed by atoms with Crippen LogP contribution >= 0.6 is 11.8 Å². The normalized spacial score (nSPS) is 10.5. The highest BCUT2D eigenvalue weighted by atomic mass is 32.2. The van der Waals surface area contributed by atoms with E-state index in [0.717, 1.165) is 11.4 Å². The number of hydrogen-bond donors (Lipinski definition) is 1. The van der Waals surface area contributed by atoms with Crippen molar-refractivity contribution in [2.24, 2.45) is 0 Å². The Morgan fingerprint density at radius 1 is 1.28 bits per heavy atom. The van der Waals surface area contributed by atoms with Crippen LogP contribution in [-0.4, -0.2) is 28.3 Å². The van der Waals surface area contributed by atoms with Gasteiger partial charge < -0.3 is 10.1 Å². The number of ether oxygens (including phenoxy) is 1. The molecule has 0 aliphatic carbocycles. The van der Waals surface area contributed by atoms with Crippen LogP contribution in [0.1, 0.15) is 0 Å². The fourth-order valence-corrected chi connectivity index (χ4v) is 3.02. The summed E-state index contributed by atoms with van der Waals surface area (Å²) in [5.74, 6) is 0.290. The van der Waals surface area contributed by atoms with Gasteiger partial charge in [-0.3, -0.25) is 9.36 Å². The quantitative estimate of drug-likeness (QED) is 0.683. The van der Waals surface area contributed by atoms with Gasteiger partial charge in [-0.1, -0.05) is 23.9 Å². The molecule has 1 N–H and O–H groups in total. The summed E-state index contributed by atoms with van der Waals surface area (Å²) in [6.45, 7) is 0. The summed E-state index contributed by atoms with van der Waals surface area (Å²) < 4.78 is 20.3. The van der Waals surface area contributed by atoms with Gasteiger partial charge in [0.05, 0.1) is 18.6 Å². The zero-order chi connectivity index (χ0) is 17.6. The summed E-state index contributed by atoms with van der Waals surface area (Å²) in [5.41, 5.74) is 1.33. The Morgan fingerprint density at radius 2 is 2.12 bits per heavy atom. The number of imidazole rings is 1. The Morgan fingerprint density at radius 3 is 2.92 bits per heavy atom. The predicted octanol–water partition coefficient (Wildman–Crippen LogP) is 3.75. The Hall–Kier alpha value is -2.80. The fourth-order valence-electron chi connectivity index (χ4n) is 2.25. The lowest BCUT2D eigenvalue weighted by atomic mass is 10.3. The number of anilines is 1. The van der Waals surface area contributed by atoms with Crippen molar-refractivity contribution in [2.45, 2.75) is 5.16 Å². The highest BCUT2D eigenvalue weighted by molar-refractivity contribution is 7.99. The topological polar surface area (TPSA) is 56.2 Å². The molecule has 2 aromatic carbocycles. The van der Waals surface area contributed by atoms with E-state index in [2.05, 4.69) is 10.3 Å². The predicted molar refractivity (Wildman–Crippen MR) is 95.9 cm³/mol.